The monoisotopic (exact) mass is 179 g/mol. The van der Waals surface area contributed by atoms with Crippen LogP contribution >= 0.6 is 0 Å². The van der Waals surface area contributed by atoms with E-state index in [-0.39, 0.29) is 6.10 Å². The number of aromatic nitrogens is 2. The summed E-state index contributed by atoms with van der Waals surface area (Å²) in [4.78, 5) is 0. The summed E-state index contributed by atoms with van der Waals surface area (Å²) in [7, 11) is 0. The molecule has 0 radical (unpaired) electrons. The van der Waals surface area contributed by atoms with Gasteiger partial charge in [-0.3, -0.25) is 0 Å². The summed E-state index contributed by atoms with van der Waals surface area (Å²) < 4.78 is 5.52. The minimum atomic E-state index is 0.243. The lowest BCUT2D eigenvalue weighted by molar-refractivity contribution is 0.0946. The average molecular weight is 179 g/mol. The van der Waals surface area contributed by atoms with Crippen LogP contribution in [-0.4, -0.2) is 22.3 Å². The summed E-state index contributed by atoms with van der Waals surface area (Å²) in [6.45, 7) is 1.90. The van der Waals surface area contributed by atoms with Gasteiger partial charge in [0.15, 0.2) is 0 Å². The first-order valence-electron chi connectivity index (χ1n) is 4.46. The lowest BCUT2D eigenvalue weighted by Gasteiger charge is -2.31. The van der Waals surface area contributed by atoms with Crippen LogP contribution in [0.15, 0.2) is 12.1 Å². The Bertz CT molecular complexity index is 279. The molecule has 0 bridgehead atoms. The van der Waals surface area contributed by atoms with Gasteiger partial charge in [-0.25, -0.2) is 0 Å². The molecule has 1 aliphatic carbocycles. The molecular weight excluding hydrogens is 166 g/mol. The van der Waals surface area contributed by atoms with E-state index in [2.05, 4.69) is 10.2 Å². The molecule has 4 heteroatoms. The average Bonchev–Trinajstić information content (AvgIpc) is 2.06. The van der Waals surface area contributed by atoms with Crippen molar-refractivity contribution in [2.45, 2.75) is 31.9 Å². The zero-order chi connectivity index (χ0) is 9.26. The molecular formula is C9H13N3O. The number of nitrogens with two attached hydrogens (primary N) is 1. The second-order valence-electron chi connectivity index (χ2n) is 3.48. The van der Waals surface area contributed by atoms with Crippen molar-refractivity contribution < 1.29 is 4.74 Å². The second kappa shape index (κ2) is 3.30. The molecule has 13 heavy (non-hydrogen) atoms. The summed E-state index contributed by atoms with van der Waals surface area (Å²) in [5, 5.41) is 7.82. The van der Waals surface area contributed by atoms with Gasteiger partial charge in [-0.15, -0.1) is 5.10 Å². The predicted octanol–water partition coefficient (Wildman–Crippen LogP) is 0.654. The molecule has 0 saturated heterocycles. The smallest absolute Gasteiger partial charge is 0.233 e. The van der Waals surface area contributed by atoms with Gasteiger partial charge in [-0.1, -0.05) is 0 Å². The Kier molecular flexibility index (Phi) is 2.14. The van der Waals surface area contributed by atoms with E-state index in [1.165, 1.54) is 0 Å². The van der Waals surface area contributed by atoms with Gasteiger partial charge in [-0.05, 0) is 25.8 Å². The van der Waals surface area contributed by atoms with Gasteiger partial charge in [0.25, 0.3) is 0 Å². The van der Waals surface area contributed by atoms with Crippen LogP contribution in [0.2, 0.25) is 0 Å². The Hall–Kier alpha value is -1.16. The molecule has 0 amide bonds. The van der Waals surface area contributed by atoms with Gasteiger partial charge in [-0.2, -0.15) is 5.10 Å². The highest BCUT2D eigenvalue weighted by atomic mass is 16.5. The predicted molar refractivity (Wildman–Crippen MR) is 48.4 cm³/mol. The van der Waals surface area contributed by atoms with Gasteiger partial charge < -0.3 is 10.5 Å². The van der Waals surface area contributed by atoms with Gasteiger partial charge in [0.1, 0.15) is 6.10 Å². The standard InChI is InChI=1S/C9H13N3O/c1-6-2-3-9(12-11-6)13-8-4-7(10)5-8/h2-3,7-8H,4-5,10H2,1H3. The van der Waals surface area contributed by atoms with Crippen molar-refractivity contribution in [3.63, 3.8) is 0 Å². The van der Waals surface area contributed by atoms with Crippen LogP contribution in [0.5, 0.6) is 5.88 Å². The molecule has 0 aliphatic heterocycles. The first kappa shape index (κ1) is 8.44. The van der Waals surface area contributed by atoms with Crippen molar-refractivity contribution in [1.29, 1.82) is 0 Å². The minimum Gasteiger partial charge on any atom is -0.473 e. The van der Waals surface area contributed by atoms with E-state index in [9.17, 15) is 0 Å². The molecule has 4 nitrogen and oxygen atoms in total. The number of ether oxygens (including phenoxy) is 1. The molecule has 0 unspecified atom stereocenters. The first-order chi connectivity index (χ1) is 6.24. The second-order valence-corrected chi connectivity index (χ2v) is 3.48. The van der Waals surface area contributed by atoms with Crippen molar-refractivity contribution in [2.75, 3.05) is 0 Å². The zero-order valence-electron chi connectivity index (χ0n) is 7.60. The highest BCUT2D eigenvalue weighted by molar-refractivity contribution is 5.11. The Morgan fingerprint density at radius 1 is 1.38 bits per heavy atom. The summed E-state index contributed by atoms with van der Waals surface area (Å²) in [6, 6.07) is 4.04. The van der Waals surface area contributed by atoms with E-state index < -0.39 is 0 Å². The van der Waals surface area contributed by atoms with Crippen LogP contribution in [0.1, 0.15) is 18.5 Å². The third-order valence-corrected chi connectivity index (χ3v) is 2.19. The zero-order valence-corrected chi connectivity index (χ0v) is 7.60. The van der Waals surface area contributed by atoms with Crippen molar-refractivity contribution in [3.8, 4) is 5.88 Å². The van der Waals surface area contributed by atoms with Gasteiger partial charge in [0, 0.05) is 12.1 Å². The molecule has 1 heterocycles. The maximum atomic E-state index is 5.63. The van der Waals surface area contributed by atoms with E-state index in [0.29, 0.717) is 11.9 Å². The van der Waals surface area contributed by atoms with Gasteiger partial charge in [0.05, 0.1) is 5.69 Å². The fourth-order valence-corrected chi connectivity index (χ4v) is 1.32. The Morgan fingerprint density at radius 2 is 2.15 bits per heavy atom. The third kappa shape index (κ3) is 1.95. The first-order valence-corrected chi connectivity index (χ1v) is 4.46. The Labute approximate surface area is 77.1 Å². The number of aryl methyl sites for hydroxylation is 1. The Balaban J connectivity index is 1.91. The molecule has 1 saturated carbocycles. The van der Waals surface area contributed by atoms with Gasteiger partial charge in [0.2, 0.25) is 5.88 Å². The highest BCUT2D eigenvalue weighted by Gasteiger charge is 2.27. The number of hydrogen-bond donors (Lipinski definition) is 1. The van der Waals surface area contributed by atoms with Crippen LogP contribution in [0.4, 0.5) is 0 Å². The minimum absolute atomic E-state index is 0.243. The van der Waals surface area contributed by atoms with Crippen molar-refractivity contribution in [3.05, 3.63) is 17.8 Å². The molecule has 0 spiro atoms. The molecule has 1 fully saturated rings. The van der Waals surface area contributed by atoms with E-state index in [1.807, 2.05) is 19.1 Å². The molecule has 0 aromatic carbocycles. The quantitative estimate of drug-likeness (QED) is 0.724. The van der Waals surface area contributed by atoms with E-state index >= 15 is 0 Å². The number of nitrogens with zero attached hydrogens (tertiary/aromatic N) is 2. The lowest BCUT2D eigenvalue weighted by atomic mass is 9.90. The van der Waals surface area contributed by atoms with Crippen molar-refractivity contribution in [2.24, 2.45) is 5.73 Å². The fraction of sp³-hybridized carbons (Fsp3) is 0.556. The van der Waals surface area contributed by atoms with E-state index in [0.717, 1.165) is 18.5 Å². The fourth-order valence-electron chi connectivity index (χ4n) is 1.32. The normalized spacial score (nSPS) is 26.6. The van der Waals surface area contributed by atoms with Crippen LogP contribution in [-0.2, 0) is 0 Å². The largest absolute Gasteiger partial charge is 0.473 e. The molecule has 1 aromatic heterocycles. The summed E-state index contributed by atoms with van der Waals surface area (Å²) >= 11 is 0. The molecule has 1 aliphatic rings. The van der Waals surface area contributed by atoms with Crippen LogP contribution in [0.25, 0.3) is 0 Å². The van der Waals surface area contributed by atoms with Crippen molar-refractivity contribution >= 4 is 0 Å². The summed E-state index contributed by atoms with van der Waals surface area (Å²) in [5.74, 6) is 0.600. The molecule has 2 rings (SSSR count). The highest BCUT2D eigenvalue weighted by Crippen LogP contribution is 2.22. The van der Waals surface area contributed by atoms with E-state index in [1.54, 1.807) is 0 Å². The maximum absolute atomic E-state index is 5.63. The number of hydrogen-bond acceptors (Lipinski definition) is 4. The van der Waals surface area contributed by atoms with E-state index in [4.69, 9.17) is 10.5 Å². The topological polar surface area (TPSA) is 61.0 Å². The van der Waals surface area contributed by atoms with Crippen LogP contribution < -0.4 is 10.5 Å². The lowest BCUT2D eigenvalue weighted by Crippen LogP contribution is -2.43. The van der Waals surface area contributed by atoms with Gasteiger partial charge >= 0.3 is 0 Å². The summed E-state index contributed by atoms with van der Waals surface area (Å²) in [5.41, 5.74) is 6.53. The molecule has 1 aromatic rings. The number of rotatable bonds is 2. The van der Waals surface area contributed by atoms with Crippen molar-refractivity contribution in [1.82, 2.24) is 10.2 Å². The van der Waals surface area contributed by atoms with Crippen LogP contribution in [0, 0.1) is 6.92 Å². The SMILES string of the molecule is Cc1ccc(OC2CC(N)C2)nn1. The summed E-state index contributed by atoms with van der Waals surface area (Å²) in [6.07, 6.45) is 2.09. The third-order valence-electron chi connectivity index (χ3n) is 2.19. The van der Waals surface area contributed by atoms with Crippen LogP contribution in [0.3, 0.4) is 0 Å². The molecule has 70 valence electrons. The maximum Gasteiger partial charge on any atom is 0.233 e. The molecule has 2 N–H and O–H groups in total. The Morgan fingerprint density at radius 3 is 2.69 bits per heavy atom. The molecule has 0 atom stereocenters.